The number of aryl methyl sites for hydroxylation is 1. The van der Waals surface area contributed by atoms with Crippen molar-refractivity contribution in [2.45, 2.75) is 58.2 Å². The molecule has 1 N–H and O–H groups in total. The normalized spacial score (nSPS) is 14.9. The summed E-state index contributed by atoms with van der Waals surface area (Å²) >= 11 is 1.62. The first-order valence-corrected chi connectivity index (χ1v) is 11.3. The summed E-state index contributed by atoms with van der Waals surface area (Å²) in [5, 5.41) is 5.95. The molecular formula is C23H30N2O3S. The lowest BCUT2D eigenvalue weighted by atomic mass is 9.98. The van der Waals surface area contributed by atoms with Gasteiger partial charge in [0.1, 0.15) is 12.4 Å². The first-order valence-electron chi connectivity index (χ1n) is 10.4. The largest absolute Gasteiger partial charge is 0.487 e. The fourth-order valence-corrected chi connectivity index (χ4v) is 3.90. The van der Waals surface area contributed by atoms with Crippen LogP contribution in [0.25, 0.3) is 6.08 Å². The molecule has 5 nitrogen and oxygen atoms in total. The number of amides is 1. The zero-order valence-electron chi connectivity index (χ0n) is 17.1. The summed E-state index contributed by atoms with van der Waals surface area (Å²) in [4.78, 5) is 16.3. The molecule has 0 aliphatic heterocycles. The number of benzene rings is 1. The minimum Gasteiger partial charge on any atom is -0.487 e. The van der Waals surface area contributed by atoms with Gasteiger partial charge in [0.2, 0.25) is 5.91 Å². The highest BCUT2D eigenvalue weighted by molar-refractivity contribution is 7.09. The lowest BCUT2D eigenvalue weighted by Gasteiger charge is -2.21. The molecule has 1 fully saturated rings. The molecule has 1 aliphatic rings. The van der Waals surface area contributed by atoms with E-state index in [1.807, 2.05) is 36.6 Å². The molecule has 1 aliphatic carbocycles. The monoisotopic (exact) mass is 414 g/mol. The standard InChI is InChI=1S/C23H30N2O3S/c1-18-25-20(17-29-18)16-28-22-11-8-19(9-12-22)10-13-23(26)24-14-5-15-27-21-6-3-2-4-7-21/h8-13,17,21H,2-7,14-16H2,1H3,(H,24,26)/b13-10+. The van der Waals surface area contributed by atoms with Gasteiger partial charge in [-0.05, 0) is 50.0 Å². The van der Waals surface area contributed by atoms with Gasteiger partial charge in [-0.1, -0.05) is 31.4 Å². The third-order valence-corrected chi connectivity index (χ3v) is 5.71. The summed E-state index contributed by atoms with van der Waals surface area (Å²) in [6, 6.07) is 7.67. The number of carbonyl (C=O) groups is 1. The molecule has 0 spiro atoms. The smallest absolute Gasteiger partial charge is 0.244 e. The molecule has 0 unspecified atom stereocenters. The summed E-state index contributed by atoms with van der Waals surface area (Å²) in [6.07, 6.45) is 10.9. The summed E-state index contributed by atoms with van der Waals surface area (Å²) in [5.74, 6) is 0.706. The number of thiazole rings is 1. The van der Waals surface area contributed by atoms with Gasteiger partial charge in [0.05, 0.1) is 16.8 Å². The number of carbonyl (C=O) groups excluding carboxylic acids is 1. The zero-order chi connectivity index (χ0) is 20.3. The van der Waals surface area contributed by atoms with E-state index in [0.29, 0.717) is 19.3 Å². The van der Waals surface area contributed by atoms with E-state index < -0.39 is 0 Å². The van der Waals surface area contributed by atoms with E-state index in [4.69, 9.17) is 9.47 Å². The van der Waals surface area contributed by atoms with Gasteiger partial charge in [-0.2, -0.15) is 0 Å². The number of nitrogens with zero attached hydrogens (tertiary/aromatic N) is 1. The predicted molar refractivity (Wildman–Crippen MR) is 117 cm³/mol. The Kier molecular flexibility index (Phi) is 8.71. The highest BCUT2D eigenvalue weighted by atomic mass is 32.1. The average Bonchev–Trinajstić information content (AvgIpc) is 3.17. The summed E-state index contributed by atoms with van der Waals surface area (Å²) in [6.45, 7) is 3.80. The minimum absolute atomic E-state index is 0.0816. The fourth-order valence-electron chi connectivity index (χ4n) is 3.30. The summed E-state index contributed by atoms with van der Waals surface area (Å²) in [7, 11) is 0. The summed E-state index contributed by atoms with van der Waals surface area (Å²) < 4.78 is 11.6. The highest BCUT2D eigenvalue weighted by Gasteiger charge is 2.12. The van der Waals surface area contributed by atoms with Gasteiger partial charge in [0.15, 0.2) is 0 Å². The molecule has 0 saturated heterocycles. The molecule has 29 heavy (non-hydrogen) atoms. The van der Waals surface area contributed by atoms with Crippen molar-refractivity contribution in [1.82, 2.24) is 10.3 Å². The molecule has 3 rings (SSSR count). The highest BCUT2D eigenvalue weighted by Crippen LogP contribution is 2.20. The molecule has 0 radical (unpaired) electrons. The van der Waals surface area contributed by atoms with Gasteiger partial charge in [-0.3, -0.25) is 4.79 Å². The van der Waals surface area contributed by atoms with Crippen molar-refractivity contribution >= 4 is 23.3 Å². The Bertz CT molecular complexity index is 780. The Morgan fingerprint density at radius 3 is 2.76 bits per heavy atom. The Morgan fingerprint density at radius 2 is 2.03 bits per heavy atom. The van der Waals surface area contributed by atoms with Crippen LogP contribution in [0.4, 0.5) is 0 Å². The molecule has 0 bridgehead atoms. The zero-order valence-corrected chi connectivity index (χ0v) is 17.9. The number of hydrogen-bond donors (Lipinski definition) is 1. The van der Waals surface area contributed by atoms with Gasteiger partial charge in [0.25, 0.3) is 0 Å². The van der Waals surface area contributed by atoms with Crippen LogP contribution in [0.5, 0.6) is 5.75 Å². The molecule has 0 atom stereocenters. The first kappa shape index (κ1) is 21.5. The maximum Gasteiger partial charge on any atom is 0.244 e. The second-order valence-electron chi connectivity index (χ2n) is 7.32. The number of ether oxygens (including phenoxy) is 2. The van der Waals surface area contributed by atoms with Crippen LogP contribution < -0.4 is 10.1 Å². The Morgan fingerprint density at radius 1 is 1.24 bits per heavy atom. The minimum atomic E-state index is -0.0816. The number of aromatic nitrogens is 1. The summed E-state index contributed by atoms with van der Waals surface area (Å²) in [5.41, 5.74) is 1.90. The van der Waals surface area contributed by atoms with E-state index in [0.717, 1.165) is 35.0 Å². The molecule has 2 aromatic rings. The van der Waals surface area contributed by atoms with Crippen LogP contribution in [-0.2, 0) is 16.1 Å². The van der Waals surface area contributed by atoms with E-state index in [-0.39, 0.29) is 5.91 Å². The van der Waals surface area contributed by atoms with Crippen LogP contribution in [0.15, 0.2) is 35.7 Å². The van der Waals surface area contributed by atoms with Gasteiger partial charge in [-0.15, -0.1) is 11.3 Å². The van der Waals surface area contributed by atoms with Crippen molar-refractivity contribution in [3.05, 3.63) is 52.0 Å². The quantitative estimate of drug-likeness (QED) is 0.444. The SMILES string of the molecule is Cc1nc(COc2ccc(/C=C/C(=O)NCCCOC3CCCCC3)cc2)cs1. The molecule has 1 amide bonds. The van der Waals surface area contributed by atoms with Crippen molar-refractivity contribution in [2.75, 3.05) is 13.2 Å². The predicted octanol–water partition coefficient (Wildman–Crippen LogP) is 4.90. The van der Waals surface area contributed by atoms with Crippen LogP contribution in [-0.4, -0.2) is 30.1 Å². The maximum atomic E-state index is 11.9. The van der Waals surface area contributed by atoms with Crippen molar-refractivity contribution in [2.24, 2.45) is 0 Å². The number of nitrogens with one attached hydrogen (secondary N) is 1. The molecule has 156 valence electrons. The Hall–Kier alpha value is -2.18. The van der Waals surface area contributed by atoms with Gasteiger partial charge >= 0.3 is 0 Å². The lowest BCUT2D eigenvalue weighted by molar-refractivity contribution is -0.116. The van der Waals surface area contributed by atoms with Crippen LogP contribution in [0.3, 0.4) is 0 Å². The molecule has 1 saturated carbocycles. The average molecular weight is 415 g/mol. The van der Waals surface area contributed by atoms with Crippen molar-refractivity contribution in [3.63, 3.8) is 0 Å². The van der Waals surface area contributed by atoms with Gasteiger partial charge in [-0.25, -0.2) is 4.98 Å². The van der Waals surface area contributed by atoms with Crippen molar-refractivity contribution in [1.29, 1.82) is 0 Å². The van der Waals surface area contributed by atoms with Crippen LogP contribution >= 0.6 is 11.3 Å². The number of hydrogen-bond acceptors (Lipinski definition) is 5. The molecule has 6 heteroatoms. The second kappa shape index (κ2) is 11.7. The van der Waals surface area contributed by atoms with E-state index in [1.54, 1.807) is 23.5 Å². The van der Waals surface area contributed by atoms with E-state index in [2.05, 4.69) is 10.3 Å². The lowest BCUT2D eigenvalue weighted by Crippen LogP contribution is -2.24. The topological polar surface area (TPSA) is 60.5 Å². The Labute approximate surface area is 177 Å². The van der Waals surface area contributed by atoms with Crippen LogP contribution in [0.1, 0.15) is 54.8 Å². The van der Waals surface area contributed by atoms with Crippen molar-refractivity contribution < 1.29 is 14.3 Å². The van der Waals surface area contributed by atoms with Crippen LogP contribution in [0, 0.1) is 6.92 Å². The van der Waals surface area contributed by atoms with E-state index >= 15 is 0 Å². The molecular weight excluding hydrogens is 384 g/mol. The number of rotatable bonds is 10. The first-order chi connectivity index (χ1) is 14.2. The van der Waals surface area contributed by atoms with E-state index in [9.17, 15) is 4.79 Å². The van der Waals surface area contributed by atoms with Gasteiger partial charge in [0, 0.05) is 24.6 Å². The third-order valence-electron chi connectivity index (χ3n) is 4.89. The van der Waals surface area contributed by atoms with Crippen molar-refractivity contribution in [3.8, 4) is 5.75 Å². The Balaban J connectivity index is 1.30. The third kappa shape index (κ3) is 7.99. The van der Waals surface area contributed by atoms with Crippen LogP contribution in [0.2, 0.25) is 0 Å². The maximum absolute atomic E-state index is 11.9. The molecule has 1 aromatic heterocycles. The fraction of sp³-hybridized carbons (Fsp3) is 0.478. The van der Waals surface area contributed by atoms with Gasteiger partial charge < -0.3 is 14.8 Å². The second-order valence-corrected chi connectivity index (χ2v) is 8.39. The molecule has 1 aromatic carbocycles. The molecule has 1 heterocycles. The van der Waals surface area contributed by atoms with E-state index in [1.165, 1.54) is 32.1 Å².